The highest BCUT2D eigenvalue weighted by Crippen LogP contribution is 2.38. The molecule has 0 radical (unpaired) electrons. The highest BCUT2D eigenvalue weighted by atomic mass is 19.1. The molecule has 2 nitrogen and oxygen atoms in total. The summed E-state index contributed by atoms with van der Waals surface area (Å²) in [4.78, 5) is 3.75. The second kappa shape index (κ2) is 2.27. The Balaban J connectivity index is 2.25. The van der Waals surface area contributed by atoms with E-state index in [4.69, 9.17) is 5.73 Å². The van der Waals surface area contributed by atoms with Gasteiger partial charge in [0.2, 0.25) is 0 Å². The van der Waals surface area contributed by atoms with E-state index in [-0.39, 0.29) is 11.9 Å². The molecular weight excluding hydrogens is 143 g/mol. The highest BCUT2D eigenvalue weighted by Gasteiger charge is 2.35. The van der Waals surface area contributed by atoms with Crippen LogP contribution >= 0.6 is 0 Å². The fourth-order valence-electron chi connectivity index (χ4n) is 1.23. The van der Waals surface area contributed by atoms with Crippen LogP contribution in [0.25, 0.3) is 0 Å². The molecule has 2 unspecified atom stereocenters. The lowest BCUT2D eigenvalue weighted by molar-refractivity contribution is 0.618. The monoisotopic (exact) mass is 152 g/mol. The second-order valence-electron chi connectivity index (χ2n) is 2.94. The fraction of sp³-hybridized carbons (Fsp3) is 0.375. The van der Waals surface area contributed by atoms with Crippen LogP contribution in [-0.2, 0) is 0 Å². The summed E-state index contributed by atoms with van der Waals surface area (Å²) in [6.45, 7) is 0. The van der Waals surface area contributed by atoms with Crippen molar-refractivity contribution in [1.82, 2.24) is 4.98 Å². The molecule has 11 heavy (non-hydrogen) atoms. The molecule has 0 amide bonds. The number of halogens is 1. The van der Waals surface area contributed by atoms with E-state index < -0.39 is 0 Å². The topological polar surface area (TPSA) is 38.9 Å². The number of hydrogen-bond donors (Lipinski definition) is 1. The lowest BCUT2D eigenvalue weighted by atomic mass is 10.2. The van der Waals surface area contributed by atoms with Gasteiger partial charge in [0.1, 0.15) is 5.82 Å². The third-order valence-corrected chi connectivity index (χ3v) is 1.99. The molecule has 0 bridgehead atoms. The Bertz CT molecular complexity index is 275. The molecule has 2 rings (SSSR count). The molecule has 3 heteroatoms. The average Bonchev–Trinajstić information content (AvgIpc) is 2.67. The number of aromatic nitrogens is 1. The number of rotatable bonds is 1. The third-order valence-electron chi connectivity index (χ3n) is 1.99. The quantitative estimate of drug-likeness (QED) is 0.652. The van der Waals surface area contributed by atoms with Crippen LogP contribution in [0.15, 0.2) is 18.5 Å². The highest BCUT2D eigenvalue weighted by molar-refractivity contribution is 5.24. The van der Waals surface area contributed by atoms with E-state index in [2.05, 4.69) is 4.98 Å². The SMILES string of the molecule is NC1CC1c1cncc(F)c1. The van der Waals surface area contributed by atoms with Crippen LogP contribution in [0, 0.1) is 5.82 Å². The molecule has 0 aromatic carbocycles. The van der Waals surface area contributed by atoms with Crippen LogP contribution in [0.2, 0.25) is 0 Å². The summed E-state index contributed by atoms with van der Waals surface area (Å²) in [5.41, 5.74) is 6.53. The second-order valence-corrected chi connectivity index (χ2v) is 2.94. The Kier molecular flexibility index (Phi) is 1.39. The van der Waals surface area contributed by atoms with E-state index in [0.29, 0.717) is 5.92 Å². The van der Waals surface area contributed by atoms with Gasteiger partial charge in [-0.05, 0) is 18.1 Å². The molecule has 0 saturated heterocycles. The summed E-state index contributed by atoms with van der Waals surface area (Å²) in [5, 5.41) is 0. The van der Waals surface area contributed by atoms with Crippen molar-refractivity contribution in [2.75, 3.05) is 0 Å². The molecule has 1 aromatic rings. The van der Waals surface area contributed by atoms with Gasteiger partial charge in [-0.3, -0.25) is 4.98 Å². The predicted molar refractivity (Wildman–Crippen MR) is 39.5 cm³/mol. The Morgan fingerprint density at radius 3 is 2.82 bits per heavy atom. The minimum atomic E-state index is -0.276. The summed E-state index contributed by atoms with van der Waals surface area (Å²) >= 11 is 0. The van der Waals surface area contributed by atoms with E-state index in [1.54, 1.807) is 6.20 Å². The molecule has 1 aromatic heterocycles. The van der Waals surface area contributed by atoms with Gasteiger partial charge in [-0.25, -0.2) is 4.39 Å². The van der Waals surface area contributed by atoms with Crippen LogP contribution in [0.1, 0.15) is 17.9 Å². The number of pyridine rings is 1. The summed E-state index contributed by atoms with van der Waals surface area (Å²) < 4.78 is 12.6. The minimum Gasteiger partial charge on any atom is -0.327 e. The van der Waals surface area contributed by atoms with Gasteiger partial charge in [-0.1, -0.05) is 0 Å². The molecule has 2 atom stereocenters. The number of nitrogens with zero attached hydrogens (tertiary/aromatic N) is 1. The molecule has 1 saturated carbocycles. The van der Waals surface area contributed by atoms with Gasteiger partial charge >= 0.3 is 0 Å². The maximum Gasteiger partial charge on any atom is 0.141 e. The van der Waals surface area contributed by atoms with E-state index >= 15 is 0 Å². The molecule has 58 valence electrons. The first kappa shape index (κ1) is 6.73. The first-order valence-corrected chi connectivity index (χ1v) is 3.63. The van der Waals surface area contributed by atoms with Gasteiger partial charge in [0.05, 0.1) is 6.20 Å². The van der Waals surface area contributed by atoms with Gasteiger partial charge in [0.15, 0.2) is 0 Å². The molecule has 2 N–H and O–H groups in total. The number of nitrogens with two attached hydrogens (primary N) is 1. The van der Waals surface area contributed by atoms with E-state index in [1.165, 1.54) is 12.3 Å². The summed E-state index contributed by atoms with van der Waals surface area (Å²) in [5.74, 6) is 0.0693. The summed E-state index contributed by atoms with van der Waals surface area (Å²) in [6.07, 6.45) is 3.85. The Hall–Kier alpha value is -0.960. The van der Waals surface area contributed by atoms with Crippen LogP contribution in [0.5, 0.6) is 0 Å². The Labute approximate surface area is 64.2 Å². The summed E-state index contributed by atoms with van der Waals surface area (Å²) in [7, 11) is 0. The first-order valence-electron chi connectivity index (χ1n) is 3.63. The van der Waals surface area contributed by atoms with Crippen molar-refractivity contribution in [2.24, 2.45) is 5.73 Å². The fourth-order valence-corrected chi connectivity index (χ4v) is 1.23. The van der Waals surface area contributed by atoms with Crippen LogP contribution in [-0.4, -0.2) is 11.0 Å². The summed E-state index contributed by atoms with van der Waals surface area (Å²) in [6, 6.07) is 1.73. The molecule has 1 fully saturated rings. The van der Waals surface area contributed by atoms with Gasteiger partial charge in [0.25, 0.3) is 0 Å². The van der Waals surface area contributed by atoms with Crippen molar-refractivity contribution in [3.05, 3.63) is 29.8 Å². The van der Waals surface area contributed by atoms with Gasteiger partial charge in [-0.15, -0.1) is 0 Å². The largest absolute Gasteiger partial charge is 0.327 e. The van der Waals surface area contributed by atoms with Crippen molar-refractivity contribution >= 4 is 0 Å². The zero-order valence-electron chi connectivity index (χ0n) is 6.00. The minimum absolute atomic E-state index is 0.221. The third kappa shape index (κ3) is 1.24. The van der Waals surface area contributed by atoms with Crippen molar-refractivity contribution < 1.29 is 4.39 Å². The van der Waals surface area contributed by atoms with Gasteiger partial charge in [-0.2, -0.15) is 0 Å². The maximum atomic E-state index is 12.6. The van der Waals surface area contributed by atoms with Crippen LogP contribution in [0.3, 0.4) is 0 Å². The lowest BCUT2D eigenvalue weighted by Crippen LogP contribution is -2.01. The standard InChI is InChI=1S/C8H9FN2/c9-6-1-5(3-11-4-6)7-2-8(7)10/h1,3-4,7-8H,2,10H2. The first-order chi connectivity index (χ1) is 5.27. The molecular formula is C8H9FN2. The van der Waals surface area contributed by atoms with Crippen molar-refractivity contribution in [2.45, 2.75) is 18.4 Å². The van der Waals surface area contributed by atoms with Crippen LogP contribution in [0.4, 0.5) is 4.39 Å². The smallest absolute Gasteiger partial charge is 0.141 e. The predicted octanol–water partition coefficient (Wildman–Crippen LogP) is 1.04. The maximum absolute atomic E-state index is 12.6. The van der Waals surface area contributed by atoms with Gasteiger partial charge in [0, 0.05) is 18.2 Å². The van der Waals surface area contributed by atoms with Crippen LogP contribution < -0.4 is 5.73 Å². The lowest BCUT2D eigenvalue weighted by Gasteiger charge is -1.95. The Morgan fingerprint density at radius 1 is 1.55 bits per heavy atom. The van der Waals surface area contributed by atoms with Crippen molar-refractivity contribution in [3.63, 3.8) is 0 Å². The molecule has 0 spiro atoms. The molecule has 1 aliphatic carbocycles. The zero-order chi connectivity index (χ0) is 7.84. The van der Waals surface area contributed by atoms with E-state index in [0.717, 1.165) is 12.0 Å². The normalized spacial score (nSPS) is 28.5. The molecule has 1 aliphatic rings. The molecule has 0 aliphatic heterocycles. The average molecular weight is 152 g/mol. The number of hydrogen-bond acceptors (Lipinski definition) is 2. The van der Waals surface area contributed by atoms with E-state index in [9.17, 15) is 4.39 Å². The van der Waals surface area contributed by atoms with E-state index in [1.807, 2.05) is 0 Å². The van der Waals surface area contributed by atoms with Crippen molar-refractivity contribution in [1.29, 1.82) is 0 Å². The van der Waals surface area contributed by atoms with Gasteiger partial charge < -0.3 is 5.73 Å². The Morgan fingerprint density at radius 2 is 2.27 bits per heavy atom. The zero-order valence-corrected chi connectivity index (χ0v) is 6.00. The van der Waals surface area contributed by atoms with Crippen molar-refractivity contribution in [3.8, 4) is 0 Å². The molecule has 1 heterocycles.